The van der Waals surface area contributed by atoms with Gasteiger partial charge in [0, 0.05) is 18.6 Å². The first-order chi connectivity index (χ1) is 11.1. The number of nitrogens with zero attached hydrogens (tertiary/aromatic N) is 1. The third-order valence-corrected chi connectivity index (χ3v) is 4.56. The van der Waals surface area contributed by atoms with Crippen LogP contribution in [0.3, 0.4) is 0 Å². The topological polar surface area (TPSA) is 52.6 Å². The fourth-order valence-electron chi connectivity index (χ4n) is 3.09. The van der Waals surface area contributed by atoms with Gasteiger partial charge in [0.25, 0.3) is 0 Å². The van der Waals surface area contributed by atoms with Gasteiger partial charge in [0.1, 0.15) is 0 Å². The Balaban J connectivity index is 1.54. The summed E-state index contributed by atoms with van der Waals surface area (Å²) in [5, 5.41) is 11.2. The highest BCUT2D eigenvalue weighted by atomic mass is 16.4. The van der Waals surface area contributed by atoms with Gasteiger partial charge in [-0.25, -0.2) is 4.79 Å². The fraction of sp³-hybridized carbons (Fsp3) is 0.316. The van der Waals surface area contributed by atoms with Gasteiger partial charge >= 0.3 is 6.09 Å². The lowest BCUT2D eigenvalue weighted by Gasteiger charge is -2.41. The summed E-state index contributed by atoms with van der Waals surface area (Å²) >= 11 is 0. The van der Waals surface area contributed by atoms with E-state index in [2.05, 4.69) is 65.8 Å². The van der Waals surface area contributed by atoms with Crippen molar-refractivity contribution in [2.24, 2.45) is 0 Å². The molecule has 2 N–H and O–H groups in total. The summed E-state index contributed by atoms with van der Waals surface area (Å²) in [7, 11) is 2.10. The van der Waals surface area contributed by atoms with Crippen LogP contribution in [0.2, 0.25) is 0 Å². The highest BCUT2D eigenvalue weighted by molar-refractivity contribution is 5.65. The molecule has 2 aromatic carbocycles. The second-order valence-electron chi connectivity index (χ2n) is 6.25. The van der Waals surface area contributed by atoms with E-state index in [4.69, 9.17) is 5.11 Å². The summed E-state index contributed by atoms with van der Waals surface area (Å²) in [6.45, 7) is 0.888. The van der Waals surface area contributed by atoms with Crippen LogP contribution in [-0.4, -0.2) is 35.2 Å². The molecule has 1 aliphatic rings. The molecule has 120 valence electrons. The van der Waals surface area contributed by atoms with E-state index < -0.39 is 6.09 Å². The molecule has 0 aliphatic heterocycles. The number of hydrogen-bond acceptors (Lipinski definition) is 2. The lowest BCUT2D eigenvalue weighted by atomic mass is 9.85. The summed E-state index contributed by atoms with van der Waals surface area (Å²) in [5.41, 5.74) is 3.74. The number of nitrogens with one attached hydrogen (secondary N) is 1. The maximum absolute atomic E-state index is 10.6. The molecule has 4 nitrogen and oxygen atoms in total. The van der Waals surface area contributed by atoms with Crippen LogP contribution in [0.5, 0.6) is 0 Å². The van der Waals surface area contributed by atoms with Crippen molar-refractivity contribution in [3.05, 3.63) is 60.2 Å². The summed E-state index contributed by atoms with van der Waals surface area (Å²) in [6.07, 6.45) is 0.864. The molecule has 0 atom stereocenters. The van der Waals surface area contributed by atoms with Crippen LogP contribution in [0.4, 0.5) is 4.79 Å². The van der Waals surface area contributed by atoms with Gasteiger partial charge in [0.15, 0.2) is 0 Å². The van der Waals surface area contributed by atoms with Crippen molar-refractivity contribution in [2.75, 3.05) is 7.05 Å². The first-order valence-corrected chi connectivity index (χ1v) is 7.96. The maximum atomic E-state index is 10.6. The predicted octanol–water partition coefficient (Wildman–Crippen LogP) is 3.58. The van der Waals surface area contributed by atoms with Crippen molar-refractivity contribution in [3.63, 3.8) is 0 Å². The minimum Gasteiger partial charge on any atom is -0.465 e. The molecule has 1 amide bonds. The van der Waals surface area contributed by atoms with E-state index in [9.17, 15) is 4.79 Å². The van der Waals surface area contributed by atoms with Gasteiger partial charge in [-0.05, 0) is 36.6 Å². The SMILES string of the molecule is CN(Cc1ccc(-c2ccccc2)cc1)C1CC(NC(=O)O)C1. The van der Waals surface area contributed by atoms with Gasteiger partial charge in [-0.15, -0.1) is 0 Å². The Kier molecular flexibility index (Phi) is 4.63. The first-order valence-electron chi connectivity index (χ1n) is 7.96. The van der Waals surface area contributed by atoms with Crippen LogP contribution in [0, 0.1) is 0 Å². The smallest absolute Gasteiger partial charge is 0.404 e. The highest BCUT2D eigenvalue weighted by Gasteiger charge is 2.32. The Bertz CT molecular complexity index is 649. The number of carboxylic acid groups (broad SMARTS) is 1. The van der Waals surface area contributed by atoms with Crippen molar-refractivity contribution >= 4 is 6.09 Å². The fourth-order valence-corrected chi connectivity index (χ4v) is 3.09. The van der Waals surface area contributed by atoms with Crippen LogP contribution < -0.4 is 5.32 Å². The molecule has 1 aliphatic carbocycles. The van der Waals surface area contributed by atoms with Gasteiger partial charge < -0.3 is 10.4 Å². The monoisotopic (exact) mass is 310 g/mol. The average molecular weight is 310 g/mol. The zero-order valence-electron chi connectivity index (χ0n) is 13.3. The zero-order valence-corrected chi connectivity index (χ0v) is 13.3. The van der Waals surface area contributed by atoms with Gasteiger partial charge in [0.2, 0.25) is 0 Å². The maximum Gasteiger partial charge on any atom is 0.404 e. The largest absolute Gasteiger partial charge is 0.465 e. The molecule has 0 saturated heterocycles. The van der Waals surface area contributed by atoms with E-state index in [0.717, 1.165) is 19.4 Å². The van der Waals surface area contributed by atoms with Crippen molar-refractivity contribution in [1.29, 1.82) is 0 Å². The molecule has 2 aromatic rings. The molecule has 1 fully saturated rings. The third-order valence-electron chi connectivity index (χ3n) is 4.56. The third kappa shape index (κ3) is 3.90. The number of benzene rings is 2. The molecule has 0 spiro atoms. The minimum atomic E-state index is -0.924. The molecular weight excluding hydrogens is 288 g/mol. The quantitative estimate of drug-likeness (QED) is 0.887. The van der Waals surface area contributed by atoms with Gasteiger partial charge in [-0.2, -0.15) is 0 Å². The van der Waals surface area contributed by atoms with Crippen molar-refractivity contribution in [1.82, 2.24) is 10.2 Å². The highest BCUT2D eigenvalue weighted by Crippen LogP contribution is 2.26. The van der Waals surface area contributed by atoms with E-state index in [1.54, 1.807) is 0 Å². The molecule has 0 unspecified atom stereocenters. The number of hydrogen-bond donors (Lipinski definition) is 2. The van der Waals surface area contributed by atoms with Crippen LogP contribution in [0.1, 0.15) is 18.4 Å². The molecule has 1 saturated carbocycles. The molecule has 3 rings (SSSR count). The average Bonchev–Trinajstić information content (AvgIpc) is 2.52. The van der Waals surface area contributed by atoms with Gasteiger partial charge in [-0.3, -0.25) is 4.90 Å². The normalized spacial score (nSPS) is 20.1. The Morgan fingerprint density at radius 1 is 1.09 bits per heavy atom. The molecule has 0 radical (unpaired) electrons. The van der Waals surface area contributed by atoms with Crippen LogP contribution in [-0.2, 0) is 6.54 Å². The Labute approximate surface area is 136 Å². The summed E-state index contributed by atoms with van der Waals surface area (Å²) in [4.78, 5) is 12.9. The standard InChI is InChI=1S/C19H22N2O2/c1-21(18-11-17(12-18)20-19(22)23)13-14-7-9-16(10-8-14)15-5-3-2-4-6-15/h2-10,17-18,20H,11-13H2,1H3,(H,22,23). The van der Waals surface area contributed by atoms with E-state index >= 15 is 0 Å². The zero-order chi connectivity index (χ0) is 16.2. The predicted molar refractivity (Wildman–Crippen MR) is 91.3 cm³/mol. The van der Waals surface area contributed by atoms with Crippen molar-refractivity contribution < 1.29 is 9.90 Å². The Hall–Kier alpha value is -2.33. The van der Waals surface area contributed by atoms with Crippen LogP contribution in [0.25, 0.3) is 11.1 Å². The Morgan fingerprint density at radius 2 is 1.70 bits per heavy atom. The van der Waals surface area contributed by atoms with Crippen molar-refractivity contribution in [2.45, 2.75) is 31.5 Å². The second kappa shape index (κ2) is 6.84. The molecular formula is C19H22N2O2. The van der Waals surface area contributed by atoms with Gasteiger partial charge in [-0.1, -0.05) is 54.6 Å². The molecule has 0 aromatic heterocycles. The van der Waals surface area contributed by atoms with Gasteiger partial charge in [0.05, 0.1) is 0 Å². The number of carbonyl (C=O) groups is 1. The molecule has 0 bridgehead atoms. The van der Waals surface area contributed by atoms with E-state index in [1.807, 2.05) is 6.07 Å². The summed E-state index contributed by atoms with van der Waals surface area (Å²) in [6, 6.07) is 19.6. The lowest BCUT2D eigenvalue weighted by Crippen LogP contribution is -2.52. The van der Waals surface area contributed by atoms with E-state index in [0.29, 0.717) is 6.04 Å². The lowest BCUT2D eigenvalue weighted by molar-refractivity contribution is 0.110. The summed E-state index contributed by atoms with van der Waals surface area (Å²) in [5.74, 6) is 0. The molecule has 0 heterocycles. The molecule has 4 heteroatoms. The second-order valence-corrected chi connectivity index (χ2v) is 6.25. The first kappa shape index (κ1) is 15.6. The number of rotatable bonds is 5. The summed E-state index contributed by atoms with van der Waals surface area (Å²) < 4.78 is 0. The van der Waals surface area contributed by atoms with Crippen LogP contribution >= 0.6 is 0 Å². The van der Waals surface area contributed by atoms with E-state index in [1.165, 1.54) is 16.7 Å². The van der Waals surface area contributed by atoms with Crippen molar-refractivity contribution in [3.8, 4) is 11.1 Å². The Morgan fingerprint density at radius 3 is 2.30 bits per heavy atom. The number of amides is 1. The minimum absolute atomic E-state index is 0.111. The molecule has 23 heavy (non-hydrogen) atoms. The van der Waals surface area contributed by atoms with Crippen LogP contribution in [0.15, 0.2) is 54.6 Å². The van der Waals surface area contributed by atoms with E-state index in [-0.39, 0.29) is 6.04 Å².